The molecule has 5 nitrogen and oxygen atoms in total. The third-order valence-corrected chi connectivity index (χ3v) is 8.42. The quantitative estimate of drug-likeness (QED) is 0.605. The SMILES string of the molecule is Cc1nc(CS(=O)(=O)c2cc(-c3cc(F)ccc3F)c(Cl)s2)sc1C(=O)O. The number of hydrogen-bond donors (Lipinski definition) is 1. The van der Waals surface area contributed by atoms with Crippen LogP contribution in [0, 0.1) is 18.6 Å². The fourth-order valence-electron chi connectivity index (χ4n) is 2.33. The lowest BCUT2D eigenvalue weighted by molar-refractivity contribution is 0.0701. The number of carbonyl (C=O) groups is 1. The van der Waals surface area contributed by atoms with Crippen molar-refractivity contribution in [3.63, 3.8) is 0 Å². The number of rotatable bonds is 5. The summed E-state index contributed by atoms with van der Waals surface area (Å²) in [6, 6.07) is 3.99. The summed E-state index contributed by atoms with van der Waals surface area (Å²) in [5, 5.41) is 9.17. The Morgan fingerprint density at radius 3 is 2.56 bits per heavy atom. The van der Waals surface area contributed by atoms with Gasteiger partial charge in [0.15, 0.2) is 9.84 Å². The van der Waals surface area contributed by atoms with Gasteiger partial charge in [0.2, 0.25) is 0 Å². The summed E-state index contributed by atoms with van der Waals surface area (Å²) >= 11 is 7.55. The minimum Gasteiger partial charge on any atom is -0.477 e. The van der Waals surface area contributed by atoms with Crippen LogP contribution < -0.4 is 0 Å². The summed E-state index contributed by atoms with van der Waals surface area (Å²) in [6.45, 7) is 1.48. The number of carboxylic acids is 1. The number of aromatic nitrogens is 1. The van der Waals surface area contributed by atoms with Crippen molar-refractivity contribution < 1.29 is 27.1 Å². The highest BCUT2D eigenvalue weighted by atomic mass is 35.5. The zero-order chi connectivity index (χ0) is 19.9. The highest BCUT2D eigenvalue weighted by Gasteiger charge is 2.25. The zero-order valence-electron chi connectivity index (χ0n) is 13.5. The molecule has 0 aliphatic rings. The van der Waals surface area contributed by atoms with Crippen LogP contribution >= 0.6 is 34.3 Å². The van der Waals surface area contributed by atoms with Crippen LogP contribution in [0.3, 0.4) is 0 Å². The molecule has 142 valence electrons. The molecular weight excluding hydrogens is 440 g/mol. The topological polar surface area (TPSA) is 84.3 Å². The molecule has 0 fully saturated rings. The number of thiazole rings is 1. The Bertz CT molecular complexity index is 1150. The van der Waals surface area contributed by atoms with Crippen molar-refractivity contribution in [2.45, 2.75) is 16.9 Å². The van der Waals surface area contributed by atoms with Crippen LogP contribution in [0.15, 0.2) is 28.5 Å². The molecule has 0 atom stereocenters. The van der Waals surface area contributed by atoms with Gasteiger partial charge in [-0.15, -0.1) is 22.7 Å². The highest BCUT2D eigenvalue weighted by molar-refractivity contribution is 7.92. The first-order valence-corrected chi connectivity index (χ1v) is 10.9. The second kappa shape index (κ2) is 7.27. The van der Waals surface area contributed by atoms with Crippen molar-refractivity contribution in [3.8, 4) is 11.1 Å². The second-order valence-electron chi connectivity index (χ2n) is 5.46. The number of aromatic carboxylic acids is 1. The Hall–Kier alpha value is -1.88. The van der Waals surface area contributed by atoms with Crippen LogP contribution in [0.1, 0.15) is 20.4 Å². The largest absolute Gasteiger partial charge is 0.477 e. The van der Waals surface area contributed by atoms with Gasteiger partial charge in [-0.25, -0.2) is 27.0 Å². The van der Waals surface area contributed by atoms with Gasteiger partial charge in [0, 0.05) is 11.1 Å². The summed E-state index contributed by atoms with van der Waals surface area (Å²) in [6.07, 6.45) is 0. The Morgan fingerprint density at radius 1 is 1.22 bits per heavy atom. The van der Waals surface area contributed by atoms with Crippen LogP contribution in [0.25, 0.3) is 11.1 Å². The van der Waals surface area contributed by atoms with Crippen molar-refractivity contribution >= 4 is 50.1 Å². The number of carboxylic acid groups (broad SMARTS) is 1. The molecule has 0 unspecified atom stereocenters. The molecule has 1 aromatic carbocycles. The second-order valence-corrected chi connectivity index (χ2v) is 10.4. The molecule has 2 aromatic heterocycles. The number of halogens is 3. The normalized spacial score (nSPS) is 11.7. The fraction of sp³-hybridized carbons (Fsp3) is 0.125. The lowest BCUT2D eigenvalue weighted by Crippen LogP contribution is -2.02. The van der Waals surface area contributed by atoms with Crippen molar-refractivity contribution in [3.05, 3.63) is 55.8 Å². The number of benzene rings is 1. The predicted octanol–water partition coefficient (Wildman–Crippen LogP) is 4.78. The van der Waals surface area contributed by atoms with Gasteiger partial charge in [0.25, 0.3) is 0 Å². The predicted molar refractivity (Wildman–Crippen MR) is 99.4 cm³/mol. The summed E-state index contributed by atoms with van der Waals surface area (Å²) < 4.78 is 52.5. The van der Waals surface area contributed by atoms with Crippen molar-refractivity contribution in [2.75, 3.05) is 0 Å². The molecule has 0 spiro atoms. The number of aryl methyl sites for hydroxylation is 1. The smallest absolute Gasteiger partial charge is 0.347 e. The minimum absolute atomic E-state index is 0.000352. The molecular formula is C16H10ClF2NO4S3. The number of thiophene rings is 1. The lowest BCUT2D eigenvalue weighted by Gasteiger charge is -2.01. The maximum Gasteiger partial charge on any atom is 0.347 e. The zero-order valence-corrected chi connectivity index (χ0v) is 16.7. The third-order valence-electron chi connectivity index (χ3n) is 3.54. The number of sulfone groups is 1. The van der Waals surface area contributed by atoms with Crippen LogP contribution in [0.2, 0.25) is 4.34 Å². The Labute approximate surface area is 165 Å². The maximum atomic E-state index is 14.0. The number of nitrogens with zero attached hydrogens (tertiary/aromatic N) is 1. The van der Waals surface area contributed by atoms with E-state index in [9.17, 15) is 22.0 Å². The van der Waals surface area contributed by atoms with Gasteiger partial charge in [0.1, 0.15) is 35.8 Å². The van der Waals surface area contributed by atoms with Crippen LogP contribution in [-0.2, 0) is 15.6 Å². The number of hydrogen-bond acceptors (Lipinski definition) is 6. The van der Waals surface area contributed by atoms with Gasteiger partial charge in [-0.05, 0) is 31.2 Å². The van der Waals surface area contributed by atoms with Gasteiger partial charge in [0.05, 0.1) is 5.69 Å². The van der Waals surface area contributed by atoms with E-state index in [1.165, 1.54) is 13.0 Å². The van der Waals surface area contributed by atoms with Crippen LogP contribution in [0.4, 0.5) is 8.78 Å². The molecule has 1 N–H and O–H groups in total. The molecule has 0 aliphatic heterocycles. The fourth-order valence-corrected chi connectivity index (χ4v) is 6.67. The first kappa shape index (κ1) is 19.9. The molecule has 11 heteroatoms. The molecule has 3 rings (SSSR count). The van der Waals surface area contributed by atoms with Gasteiger partial charge < -0.3 is 5.11 Å². The molecule has 0 amide bonds. The van der Waals surface area contributed by atoms with Gasteiger partial charge in [-0.3, -0.25) is 0 Å². The first-order valence-electron chi connectivity index (χ1n) is 7.25. The van der Waals surface area contributed by atoms with Crippen LogP contribution in [-0.4, -0.2) is 24.5 Å². The minimum atomic E-state index is -3.90. The monoisotopic (exact) mass is 449 g/mol. The van der Waals surface area contributed by atoms with Gasteiger partial charge in [-0.2, -0.15) is 0 Å². The summed E-state index contributed by atoms with van der Waals surface area (Å²) in [5.41, 5.74) is 0.152. The van der Waals surface area contributed by atoms with Crippen molar-refractivity contribution in [2.24, 2.45) is 0 Å². The van der Waals surface area contributed by atoms with Gasteiger partial charge >= 0.3 is 5.97 Å². The van der Waals surface area contributed by atoms with Crippen molar-refractivity contribution in [1.29, 1.82) is 0 Å². The Balaban J connectivity index is 1.98. The molecule has 3 aromatic rings. The average molecular weight is 450 g/mol. The Morgan fingerprint density at radius 2 is 1.93 bits per heavy atom. The van der Waals surface area contributed by atoms with E-state index in [1.54, 1.807) is 0 Å². The highest BCUT2D eigenvalue weighted by Crippen LogP contribution is 2.40. The first-order chi connectivity index (χ1) is 12.6. The summed E-state index contributed by atoms with van der Waals surface area (Å²) in [5.74, 6) is -3.12. The third kappa shape index (κ3) is 4.03. The van der Waals surface area contributed by atoms with E-state index in [1.807, 2.05) is 0 Å². The molecule has 27 heavy (non-hydrogen) atoms. The average Bonchev–Trinajstić information content (AvgIpc) is 3.12. The summed E-state index contributed by atoms with van der Waals surface area (Å²) in [4.78, 5) is 15.0. The molecule has 0 saturated heterocycles. The van der Waals surface area contributed by atoms with Gasteiger partial charge in [-0.1, -0.05) is 11.6 Å². The summed E-state index contributed by atoms with van der Waals surface area (Å²) in [7, 11) is -3.90. The molecule has 0 radical (unpaired) electrons. The molecule has 0 bridgehead atoms. The van der Waals surface area contributed by atoms with E-state index in [0.29, 0.717) is 11.3 Å². The van der Waals surface area contributed by atoms with E-state index >= 15 is 0 Å². The van der Waals surface area contributed by atoms with Crippen LogP contribution in [0.5, 0.6) is 0 Å². The maximum absolute atomic E-state index is 14.0. The van der Waals surface area contributed by atoms with E-state index in [2.05, 4.69) is 4.98 Å². The lowest BCUT2D eigenvalue weighted by atomic mass is 10.1. The molecule has 0 saturated carbocycles. The van der Waals surface area contributed by atoms with E-state index in [4.69, 9.17) is 16.7 Å². The van der Waals surface area contributed by atoms with E-state index in [0.717, 1.165) is 29.5 Å². The van der Waals surface area contributed by atoms with E-state index in [-0.39, 0.29) is 35.3 Å². The molecule has 2 heterocycles. The standard InChI is InChI=1S/C16H10ClF2NO4S3/c1-7-14(16(21)22)25-12(20-7)6-27(23,24)13-5-10(15(17)26-13)9-4-8(18)2-3-11(9)19/h2-5H,6H2,1H3,(H,21,22). The van der Waals surface area contributed by atoms with Crippen molar-refractivity contribution in [1.82, 2.24) is 4.98 Å². The molecule has 0 aliphatic carbocycles. The Kier molecular flexibility index (Phi) is 5.35. The van der Waals surface area contributed by atoms with E-state index < -0.39 is 33.2 Å².